The lowest BCUT2D eigenvalue weighted by molar-refractivity contribution is -0.149. The lowest BCUT2D eigenvalue weighted by Gasteiger charge is -2.31. The summed E-state index contributed by atoms with van der Waals surface area (Å²) < 4.78 is 5.01. The monoisotopic (exact) mass is 278 g/mol. The van der Waals surface area contributed by atoms with E-state index in [1.807, 2.05) is 0 Å². The fraction of sp³-hybridized carbons (Fsp3) is 0.500. The summed E-state index contributed by atoms with van der Waals surface area (Å²) in [6.07, 6.45) is 2.92. The molecule has 1 aliphatic heterocycles. The summed E-state index contributed by atoms with van der Waals surface area (Å²) in [6, 6.07) is 2.81. The number of nitrogens with one attached hydrogen (secondary N) is 1. The van der Waals surface area contributed by atoms with Crippen LogP contribution in [0.4, 0.5) is 0 Å². The second kappa shape index (κ2) is 6.36. The second-order valence-electron chi connectivity index (χ2n) is 4.78. The maximum Gasteiger partial charge on any atom is 0.310 e. The molecule has 6 heteroatoms. The number of aromatic nitrogens is 1. The zero-order valence-corrected chi connectivity index (χ0v) is 11.4. The molecule has 1 amide bonds. The quantitative estimate of drug-likeness (QED) is 0.829. The molecule has 2 heterocycles. The molecule has 1 saturated heterocycles. The molecular weight excluding hydrogens is 260 g/mol. The Hall–Kier alpha value is -2.11. The van der Waals surface area contributed by atoms with Crippen molar-refractivity contribution in [3.63, 3.8) is 0 Å². The van der Waals surface area contributed by atoms with Gasteiger partial charge in [-0.05, 0) is 25.8 Å². The van der Waals surface area contributed by atoms with Crippen molar-refractivity contribution in [2.24, 2.45) is 5.92 Å². The topological polar surface area (TPSA) is 79.5 Å². The molecule has 0 bridgehead atoms. The Labute approximate surface area is 116 Å². The number of likely N-dealkylation sites (tertiary alicyclic amines) is 1. The van der Waals surface area contributed by atoms with Crippen LogP contribution < -0.4 is 5.56 Å². The van der Waals surface area contributed by atoms with Crippen molar-refractivity contribution in [1.29, 1.82) is 0 Å². The van der Waals surface area contributed by atoms with E-state index in [1.165, 1.54) is 18.3 Å². The van der Waals surface area contributed by atoms with Crippen molar-refractivity contribution in [1.82, 2.24) is 9.88 Å². The van der Waals surface area contributed by atoms with E-state index in [0.29, 0.717) is 25.3 Å². The van der Waals surface area contributed by atoms with Gasteiger partial charge in [0.15, 0.2) is 0 Å². The van der Waals surface area contributed by atoms with Gasteiger partial charge in [0.25, 0.3) is 5.91 Å². The van der Waals surface area contributed by atoms with E-state index in [-0.39, 0.29) is 23.4 Å². The van der Waals surface area contributed by atoms with E-state index in [2.05, 4.69) is 4.98 Å². The minimum Gasteiger partial charge on any atom is -0.466 e. The fourth-order valence-corrected chi connectivity index (χ4v) is 2.34. The van der Waals surface area contributed by atoms with E-state index in [1.54, 1.807) is 11.8 Å². The van der Waals surface area contributed by atoms with Crippen LogP contribution in [-0.2, 0) is 9.53 Å². The number of esters is 1. The lowest BCUT2D eigenvalue weighted by Crippen LogP contribution is -2.42. The van der Waals surface area contributed by atoms with Crippen LogP contribution in [0.5, 0.6) is 0 Å². The molecule has 0 aliphatic carbocycles. The predicted molar refractivity (Wildman–Crippen MR) is 72.3 cm³/mol. The zero-order chi connectivity index (χ0) is 14.5. The first-order chi connectivity index (χ1) is 9.61. The van der Waals surface area contributed by atoms with Crippen molar-refractivity contribution in [3.8, 4) is 0 Å². The summed E-state index contributed by atoms with van der Waals surface area (Å²) >= 11 is 0. The van der Waals surface area contributed by atoms with Gasteiger partial charge in [0.2, 0.25) is 5.56 Å². The molecule has 108 valence electrons. The minimum atomic E-state index is -0.254. The summed E-state index contributed by atoms with van der Waals surface area (Å²) in [6.45, 7) is 3.11. The van der Waals surface area contributed by atoms with Crippen molar-refractivity contribution in [2.45, 2.75) is 19.8 Å². The van der Waals surface area contributed by atoms with E-state index < -0.39 is 0 Å². The van der Waals surface area contributed by atoms with Gasteiger partial charge in [-0.2, -0.15) is 0 Å². The fourth-order valence-electron chi connectivity index (χ4n) is 2.34. The average Bonchev–Trinajstić information content (AvgIpc) is 2.48. The first-order valence-electron chi connectivity index (χ1n) is 6.76. The number of nitrogens with zero attached hydrogens (tertiary/aromatic N) is 1. The number of carbonyl (C=O) groups excluding carboxylic acids is 2. The van der Waals surface area contributed by atoms with E-state index in [9.17, 15) is 14.4 Å². The minimum absolute atomic E-state index is 0.171. The van der Waals surface area contributed by atoms with Crippen molar-refractivity contribution >= 4 is 11.9 Å². The van der Waals surface area contributed by atoms with Gasteiger partial charge in [-0.1, -0.05) is 0 Å². The third-order valence-electron chi connectivity index (χ3n) is 3.36. The van der Waals surface area contributed by atoms with E-state index >= 15 is 0 Å². The highest BCUT2D eigenvalue weighted by Crippen LogP contribution is 2.19. The molecule has 0 radical (unpaired) electrons. The molecule has 0 saturated carbocycles. The van der Waals surface area contributed by atoms with E-state index in [0.717, 1.165) is 12.8 Å². The number of H-pyrrole nitrogens is 1. The number of amides is 1. The number of ether oxygens (including phenoxy) is 1. The summed E-state index contributed by atoms with van der Waals surface area (Å²) in [5.74, 6) is -0.669. The summed E-state index contributed by atoms with van der Waals surface area (Å²) in [5, 5.41) is 0. The van der Waals surface area contributed by atoms with Crippen LogP contribution in [-0.4, -0.2) is 41.5 Å². The molecule has 1 aromatic heterocycles. The molecular formula is C14H18N2O4. The molecule has 6 nitrogen and oxygen atoms in total. The molecule has 1 aromatic rings. The van der Waals surface area contributed by atoms with E-state index in [4.69, 9.17) is 4.74 Å². The third kappa shape index (κ3) is 3.26. The maximum atomic E-state index is 12.3. The lowest BCUT2D eigenvalue weighted by atomic mass is 9.97. The molecule has 2 rings (SSSR count). The van der Waals surface area contributed by atoms with Crippen molar-refractivity contribution in [3.05, 3.63) is 34.2 Å². The van der Waals surface area contributed by atoms with Crippen molar-refractivity contribution < 1.29 is 14.3 Å². The number of aromatic amines is 1. The Morgan fingerprint density at radius 1 is 1.45 bits per heavy atom. The molecule has 1 fully saturated rings. The van der Waals surface area contributed by atoms with Crippen LogP contribution in [0.15, 0.2) is 23.1 Å². The summed E-state index contributed by atoms with van der Waals surface area (Å²) in [4.78, 5) is 39.1. The van der Waals surface area contributed by atoms with Crippen LogP contribution in [0.3, 0.4) is 0 Å². The van der Waals surface area contributed by atoms with Crippen LogP contribution in [0.1, 0.15) is 30.1 Å². The highest BCUT2D eigenvalue weighted by Gasteiger charge is 2.29. The van der Waals surface area contributed by atoms with Crippen LogP contribution >= 0.6 is 0 Å². The first kappa shape index (κ1) is 14.3. The Morgan fingerprint density at radius 2 is 2.25 bits per heavy atom. The second-order valence-corrected chi connectivity index (χ2v) is 4.78. The van der Waals surface area contributed by atoms with Crippen molar-refractivity contribution in [2.75, 3.05) is 19.7 Å². The summed E-state index contributed by atoms with van der Waals surface area (Å²) in [5.41, 5.74) is 0.179. The average molecular weight is 278 g/mol. The Bertz CT molecular complexity index is 532. The van der Waals surface area contributed by atoms with Crippen LogP contribution in [0, 0.1) is 5.92 Å². The van der Waals surface area contributed by atoms with Crippen LogP contribution in [0.2, 0.25) is 0 Å². The van der Waals surface area contributed by atoms with Gasteiger partial charge in [0.05, 0.1) is 18.1 Å². The normalized spacial score (nSPS) is 18.6. The number of hydrogen-bond acceptors (Lipinski definition) is 4. The standard InChI is InChI=1S/C14H18N2O4/c1-2-20-14(19)11-4-3-7-16(9-11)13(18)10-5-6-12(17)15-8-10/h5-6,8,11H,2-4,7,9H2,1H3,(H,15,17)/t11-/m1/s1. The number of hydrogen-bond donors (Lipinski definition) is 1. The van der Waals surface area contributed by atoms with Gasteiger partial charge < -0.3 is 14.6 Å². The Balaban J connectivity index is 2.04. The maximum absolute atomic E-state index is 12.3. The number of carbonyl (C=O) groups is 2. The van der Waals surface area contributed by atoms with Gasteiger partial charge in [0.1, 0.15) is 0 Å². The number of rotatable bonds is 3. The van der Waals surface area contributed by atoms with Gasteiger partial charge >= 0.3 is 5.97 Å². The number of piperidine rings is 1. The summed E-state index contributed by atoms with van der Waals surface area (Å²) in [7, 11) is 0. The molecule has 20 heavy (non-hydrogen) atoms. The molecule has 1 atom stereocenters. The van der Waals surface area contributed by atoms with Crippen LogP contribution in [0.25, 0.3) is 0 Å². The largest absolute Gasteiger partial charge is 0.466 e. The van der Waals surface area contributed by atoms with Gasteiger partial charge in [0, 0.05) is 25.4 Å². The molecule has 1 N–H and O–H groups in total. The predicted octanol–water partition coefficient (Wildman–Crippen LogP) is 0.790. The SMILES string of the molecule is CCOC(=O)[C@@H]1CCCN(C(=O)c2ccc(=O)[nH]c2)C1. The number of pyridine rings is 1. The van der Waals surface area contributed by atoms with Gasteiger partial charge in [-0.15, -0.1) is 0 Å². The highest BCUT2D eigenvalue weighted by atomic mass is 16.5. The highest BCUT2D eigenvalue weighted by molar-refractivity contribution is 5.94. The van der Waals surface area contributed by atoms with Gasteiger partial charge in [-0.3, -0.25) is 14.4 Å². The third-order valence-corrected chi connectivity index (χ3v) is 3.36. The Kier molecular flexibility index (Phi) is 4.55. The molecule has 0 spiro atoms. The molecule has 1 aliphatic rings. The first-order valence-corrected chi connectivity index (χ1v) is 6.76. The molecule has 0 aromatic carbocycles. The smallest absolute Gasteiger partial charge is 0.310 e. The van der Waals surface area contributed by atoms with Gasteiger partial charge in [-0.25, -0.2) is 0 Å². The molecule has 0 unspecified atom stereocenters. The Morgan fingerprint density at radius 3 is 2.90 bits per heavy atom. The zero-order valence-electron chi connectivity index (χ0n) is 11.4.